The van der Waals surface area contributed by atoms with Crippen LogP contribution in [0.15, 0.2) is 4.99 Å². The maximum Gasteiger partial charge on any atom is 0.375 e. The number of carbonyl (C=O) groups is 1. The number of esters is 1. The maximum atomic E-state index is 13.6. The van der Waals surface area contributed by atoms with Crippen molar-refractivity contribution in [3.05, 3.63) is 0 Å². The van der Waals surface area contributed by atoms with Gasteiger partial charge in [0.2, 0.25) is 5.84 Å². The Morgan fingerprint density at radius 1 is 1.69 bits per heavy atom. The van der Waals surface area contributed by atoms with E-state index in [9.17, 15) is 9.18 Å². The van der Waals surface area contributed by atoms with E-state index in [1.165, 1.54) is 0 Å². The fraction of sp³-hybridized carbons (Fsp3) is 0.800. The molecular formula is C10H16FN3O2. The van der Waals surface area contributed by atoms with Gasteiger partial charge in [-0.2, -0.15) is 5.01 Å². The molecule has 2 rings (SSSR count). The first-order valence-corrected chi connectivity index (χ1v) is 5.61. The van der Waals surface area contributed by atoms with E-state index in [-0.39, 0.29) is 11.9 Å². The van der Waals surface area contributed by atoms with Crippen LogP contribution in [0.4, 0.5) is 4.39 Å². The first-order chi connectivity index (χ1) is 7.67. The summed E-state index contributed by atoms with van der Waals surface area (Å²) >= 11 is 0. The molecule has 6 heteroatoms. The summed E-state index contributed by atoms with van der Waals surface area (Å²) in [7, 11) is 0. The molecule has 0 aromatic heterocycles. The Kier molecular flexibility index (Phi) is 3.09. The molecule has 2 heterocycles. The highest BCUT2D eigenvalue weighted by Gasteiger charge is 2.46. The predicted molar refractivity (Wildman–Crippen MR) is 56.4 cm³/mol. The Bertz CT molecular complexity index is 321. The summed E-state index contributed by atoms with van der Waals surface area (Å²) < 4.78 is 18.4. The smallest absolute Gasteiger partial charge is 0.375 e. The van der Waals surface area contributed by atoms with Gasteiger partial charge in [0.25, 0.3) is 0 Å². The second kappa shape index (κ2) is 4.37. The highest BCUT2D eigenvalue weighted by atomic mass is 19.1. The fourth-order valence-corrected chi connectivity index (χ4v) is 2.13. The molecule has 0 aromatic rings. The lowest BCUT2D eigenvalue weighted by molar-refractivity contribution is -0.135. The summed E-state index contributed by atoms with van der Waals surface area (Å²) in [5, 5.41) is 1.72. The average Bonchev–Trinajstić information content (AvgIpc) is 2.80. The summed E-state index contributed by atoms with van der Waals surface area (Å²) in [6, 6.07) is 0.0932. The highest BCUT2D eigenvalue weighted by molar-refractivity contribution is 6.35. The van der Waals surface area contributed by atoms with Crippen molar-refractivity contribution in [1.82, 2.24) is 10.4 Å². The van der Waals surface area contributed by atoms with Gasteiger partial charge in [-0.05, 0) is 19.8 Å². The lowest BCUT2D eigenvalue weighted by Crippen LogP contribution is -2.45. The van der Waals surface area contributed by atoms with Crippen LogP contribution in [0, 0.1) is 0 Å². The lowest BCUT2D eigenvalue weighted by atomic mass is 10.1. The van der Waals surface area contributed by atoms with Crippen LogP contribution in [0.25, 0.3) is 0 Å². The van der Waals surface area contributed by atoms with Crippen molar-refractivity contribution in [2.24, 2.45) is 4.99 Å². The molecule has 0 amide bonds. The van der Waals surface area contributed by atoms with E-state index >= 15 is 0 Å². The number of carbonyl (C=O) groups excluding carboxylic acids is 1. The summed E-state index contributed by atoms with van der Waals surface area (Å²) in [4.78, 5) is 15.4. The monoisotopic (exact) mass is 229 g/mol. The van der Waals surface area contributed by atoms with Crippen molar-refractivity contribution in [1.29, 1.82) is 0 Å². The number of ether oxygens (including phenoxy) is 1. The number of fused-ring (bicyclic) bond motifs is 1. The highest BCUT2D eigenvalue weighted by Crippen LogP contribution is 2.30. The number of rotatable bonds is 3. The zero-order valence-electron chi connectivity index (χ0n) is 9.44. The van der Waals surface area contributed by atoms with Gasteiger partial charge in [0.15, 0.2) is 6.17 Å². The van der Waals surface area contributed by atoms with Crippen molar-refractivity contribution < 1.29 is 13.9 Å². The normalized spacial score (nSPS) is 33.2. The Hall–Kier alpha value is -1.17. The van der Waals surface area contributed by atoms with E-state index in [0.717, 1.165) is 6.42 Å². The molecule has 0 aliphatic carbocycles. The van der Waals surface area contributed by atoms with Crippen LogP contribution in [0.3, 0.4) is 0 Å². The molecule has 16 heavy (non-hydrogen) atoms. The summed E-state index contributed by atoms with van der Waals surface area (Å²) in [6.07, 6.45) is -0.280. The molecule has 3 atom stereocenters. The van der Waals surface area contributed by atoms with Crippen LogP contribution in [0.5, 0.6) is 0 Å². The van der Waals surface area contributed by atoms with Gasteiger partial charge in [-0.3, -0.25) is 5.43 Å². The first kappa shape index (κ1) is 11.3. The zero-order valence-corrected chi connectivity index (χ0v) is 9.44. The van der Waals surface area contributed by atoms with Gasteiger partial charge in [-0.15, -0.1) is 0 Å². The van der Waals surface area contributed by atoms with Crippen LogP contribution < -0.4 is 5.43 Å². The number of hydrogen-bond donors (Lipinski definition) is 1. The first-order valence-electron chi connectivity index (χ1n) is 5.61. The molecule has 2 aliphatic rings. The van der Waals surface area contributed by atoms with Crippen LogP contribution in [-0.4, -0.2) is 41.8 Å². The molecule has 0 saturated carbocycles. The number of hydrogen-bond acceptors (Lipinski definition) is 5. The van der Waals surface area contributed by atoms with E-state index < -0.39 is 18.3 Å². The van der Waals surface area contributed by atoms with Crippen LogP contribution in [0.1, 0.15) is 26.7 Å². The number of nitrogens with one attached hydrogen (secondary N) is 1. The van der Waals surface area contributed by atoms with E-state index in [1.54, 1.807) is 11.9 Å². The molecular weight excluding hydrogens is 213 g/mol. The Morgan fingerprint density at radius 3 is 3.06 bits per heavy atom. The third kappa shape index (κ3) is 1.77. The van der Waals surface area contributed by atoms with Crippen LogP contribution in [-0.2, 0) is 9.53 Å². The fourth-order valence-electron chi connectivity index (χ4n) is 2.13. The van der Waals surface area contributed by atoms with Gasteiger partial charge >= 0.3 is 5.97 Å². The Morgan fingerprint density at radius 2 is 2.44 bits per heavy atom. The van der Waals surface area contributed by atoms with Gasteiger partial charge in [-0.1, -0.05) is 6.92 Å². The molecule has 5 nitrogen and oxygen atoms in total. The number of alkyl halides is 1. The van der Waals surface area contributed by atoms with E-state index in [4.69, 9.17) is 4.74 Å². The maximum absolute atomic E-state index is 13.6. The number of nitrogens with zero attached hydrogens (tertiary/aromatic N) is 2. The van der Waals surface area contributed by atoms with Crippen molar-refractivity contribution >= 4 is 11.8 Å². The van der Waals surface area contributed by atoms with Gasteiger partial charge in [0.1, 0.15) is 6.17 Å². The lowest BCUT2D eigenvalue weighted by Gasteiger charge is -2.21. The molecule has 1 saturated heterocycles. The van der Waals surface area contributed by atoms with Gasteiger partial charge in [0.05, 0.1) is 6.61 Å². The second-order valence-corrected chi connectivity index (χ2v) is 3.94. The largest absolute Gasteiger partial charge is 0.460 e. The second-order valence-electron chi connectivity index (χ2n) is 3.94. The molecule has 2 aliphatic heterocycles. The third-order valence-corrected chi connectivity index (χ3v) is 2.94. The minimum Gasteiger partial charge on any atom is -0.460 e. The molecule has 0 bridgehead atoms. The molecule has 3 unspecified atom stereocenters. The molecule has 90 valence electrons. The van der Waals surface area contributed by atoms with Crippen molar-refractivity contribution in [3.63, 3.8) is 0 Å². The minimum atomic E-state index is -1.01. The minimum absolute atomic E-state index is 0.0932. The molecule has 1 N–H and O–H groups in total. The average molecular weight is 229 g/mol. The van der Waals surface area contributed by atoms with Crippen molar-refractivity contribution in [2.75, 3.05) is 6.61 Å². The van der Waals surface area contributed by atoms with Crippen molar-refractivity contribution in [2.45, 2.75) is 45.1 Å². The number of halogens is 1. The van der Waals surface area contributed by atoms with E-state index in [0.29, 0.717) is 13.0 Å². The molecule has 0 spiro atoms. The van der Waals surface area contributed by atoms with Crippen LogP contribution in [0.2, 0.25) is 0 Å². The van der Waals surface area contributed by atoms with Crippen LogP contribution >= 0.6 is 0 Å². The topological polar surface area (TPSA) is 53.9 Å². The summed E-state index contributed by atoms with van der Waals surface area (Å²) in [5.74, 6) is -0.397. The van der Waals surface area contributed by atoms with Crippen molar-refractivity contribution in [3.8, 4) is 0 Å². The SMILES string of the molecule is CCOC(=O)C1=NC2C(F)CC(CC)N2N1. The number of aliphatic imine (C=N–C) groups is 1. The van der Waals surface area contributed by atoms with Gasteiger partial charge < -0.3 is 4.74 Å². The molecule has 0 radical (unpaired) electrons. The Labute approximate surface area is 93.6 Å². The summed E-state index contributed by atoms with van der Waals surface area (Å²) in [5.41, 5.74) is 2.84. The quantitative estimate of drug-likeness (QED) is 0.721. The zero-order chi connectivity index (χ0) is 11.7. The number of hydrazine groups is 1. The van der Waals surface area contributed by atoms with Gasteiger partial charge in [-0.25, -0.2) is 14.2 Å². The number of amidine groups is 1. The van der Waals surface area contributed by atoms with E-state index in [1.807, 2.05) is 6.92 Å². The summed E-state index contributed by atoms with van der Waals surface area (Å²) in [6.45, 7) is 4.01. The molecule has 1 fully saturated rings. The molecule has 0 aromatic carbocycles. The van der Waals surface area contributed by atoms with E-state index in [2.05, 4.69) is 10.4 Å². The Balaban J connectivity index is 2.07. The standard InChI is InChI=1S/C10H16FN3O2/c1-3-6-5-7(11)9-12-8(13-14(6)9)10(15)16-4-2/h6-7,9H,3-5H2,1-2H3,(H,12,13). The third-order valence-electron chi connectivity index (χ3n) is 2.94. The van der Waals surface area contributed by atoms with Gasteiger partial charge in [0, 0.05) is 6.04 Å². The predicted octanol–water partition coefficient (Wildman–Crippen LogP) is 0.615.